The molecule has 21 heavy (non-hydrogen) atoms. The third kappa shape index (κ3) is 2.94. The smallest absolute Gasteiger partial charge is 0.0708 e. The van der Waals surface area contributed by atoms with Crippen molar-refractivity contribution in [1.29, 1.82) is 0 Å². The second-order valence-electron chi connectivity index (χ2n) is 5.83. The van der Waals surface area contributed by atoms with E-state index >= 15 is 0 Å². The number of pyridine rings is 1. The minimum atomic E-state index is 0.955. The molecule has 0 unspecified atom stereocenters. The molecule has 0 saturated heterocycles. The molecule has 1 aromatic heterocycles. The zero-order chi connectivity index (χ0) is 14.7. The molecule has 3 heteroatoms. The number of hydrogen-bond donors (Lipinski definition) is 1. The standard InChI is InChI=1S/C18H25N3/c1-3-10-19-12-15-14-7-5-6-8-17(14)20-18-9-11-21(4-2)13-16(15)18/h5-8,19H,3-4,9-13H2,1-2H3. The third-order valence-electron chi connectivity index (χ3n) is 4.42. The molecular weight excluding hydrogens is 258 g/mol. The van der Waals surface area contributed by atoms with Gasteiger partial charge in [0.15, 0.2) is 0 Å². The summed E-state index contributed by atoms with van der Waals surface area (Å²) in [5, 5.41) is 4.90. The number of hydrogen-bond acceptors (Lipinski definition) is 3. The highest BCUT2D eigenvalue weighted by atomic mass is 15.1. The van der Waals surface area contributed by atoms with Gasteiger partial charge in [-0.05, 0) is 36.7 Å². The predicted octanol–water partition coefficient (Wildman–Crippen LogP) is 3.11. The van der Waals surface area contributed by atoms with Crippen LogP contribution in [0.5, 0.6) is 0 Å². The molecule has 0 spiro atoms. The first-order chi connectivity index (χ1) is 10.3. The van der Waals surface area contributed by atoms with E-state index in [1.54, 1.807) is 0 Å². The molecule has 2 heterocycles. The number of nitrogens with zero attached hydrogens (tertiary/aromatic N) is 2. The van der Waals surface area contributed by atoms with Crippen LogP contribution in [0, 0.1) is 0 Å². The molecule has 1 N–H and O–H groups in total. The average Bonchev–Trinajstić information content (AvgIpc) is 2.54. The second kappa shape index (κ2) is 6.54. The van der Waals surface area contributed by atoms with E-state index in [0.29, 0.717) is 0 Å². The maximum absolute atomic E-state index is 4.92. The molecule has 0 bridgehead atoms. The average molecular weight is 283 g/mol. The third-order valence-corrected chi connectivity index (χ3v) is 4.42. The van der Waals surface area contributed by atoms with E-state index in [0.717, 1.165) is 44.7 Å². The predicted molar refractivity (Wildman–Crippen MR) is 88.4 cm³/mol. The molecule has 0 fully saturated rings. The van der Waals surface area contributed by atoms with Crippen LogP contribution in [0.1, 0.15) is 37.1 Å². The van der Waals surface area contributed by atoms with E-state index in [-0.39, 0.29) is 0 Å². The highest BCUT2D eigenvalue weighted by Gasteiger charge is 2.21. The zero-order valence-corrected chi connectivity index (χ0v) is 13.2. The van der Waals surface area contributed by atoms with E-state index in [1.165, 1.54) is 28.6 Å². The molecule has 3 rings (SSSR count). The topological polar surface area (TPSA) is 28.2 Å². The van der Waals surface area contributed by atoms with Gasteiger partial charge in [-0.25, -0.2) is 0 Å². The Kier molecular flexibility index (Phi) is 4.51. The molecule has 1 aliphatic heterocycles. The van der Waals surface area contributed by atoms with Crippen molar-refractivity contribution < 1.29 is 0 Å². The van der Waals surface area contributed by atoms with Crippen LogP contribution in [0.2, 0.25) is 0 Å². The first-order valence-electron chi connectivity index (χ1n) is 8.16. The number of rotatable bonds is 5. The second-order valence-corrected chi connectivity index (χ2v) is 5.83. The number of fused-ring (bicyclic) bond motifs is 2. The zero-order valence-electron chi connectivity index (χ0n) is 13.2. The lowest BCUT2D eigenvalue weighted by atomic mass is 9.95. The Morgan fingerprint density at radius 3 is 2.90 bits per heavy atom. The summed E-state index contributed by atoms with van der Waals surface area (Å²) in [6.07, 6.45) is 2.25. The molecule has 1 aromatic carbocycles. The van der Waals surface area contributed by atoms with Crippen molar-refractivity contribution in [3.05, 3.63) is 41.1 Å². The van der Waals surface area contributed by atoms with Crippen LogP contribution in [-0.2, 0) is 19.5 Å². The van der Waals surface area contributed by atoms with Gasteiger partial charge in [-0.2, -0.15) is 0 Å². The summed E-state index contributed by atoms with van der Waals surface area (Å²) in [4.78, 5) is 7.43. The summed E-state index contributed by atoms with van der Waals surface area (Å²) in [6, 6.07) is 8.58. The van der Waals surface area contributed by atoms with Crippen LogP contribution in [0.3, 0.4) is 0 Å². The Labute approximate surface area is 127 Å². The summed E-state index contributed by atoms with van der Waals surface area (Å²) in [6.45, 7) is 9.79. The van der Waals surface area contributed by atoms with E-state index < -0.39 is 0 Å². The van der Waals surface area contributed by atoms with Gasteiger partial charge in [0, 0.05) is 37.1 Å². The van der Waals surface area contributed by atoms with E-state index in [2.05, 4.69) is 48.3 Å². The number of nitrogens with one attached hydrogen (secondary N) is 1. The van der Waals surface area contributed by atoms with Gasteiger partial charge >= 0.3 is 0 Å². The van der Waals surface area contributed by atoms with Gasteiger partial charge in [0.25, 0.3) is 0 Å². The highest BCUT2D eigenvalue weighted by molar-refractivity contribution is 5.83. The van der Waals surface area contributed by atoms with Gasteiger partial charge in [-0.3, -0.25) is 9.88 Å². The fourth-order valence-electron chi connectivity index (χ4n) is 3.20. The van der Waals surface area contributed by atoms with Crippen molar-refractivity contribution in [2.24, 2.45) is 0 Å². The fraction of sp³-hybridized carbons (Fsp3) is 0.500. The van der Waals surface area contributed by atoms with E-state index in [1.807, 2.05) is 0 Å². The van der Waals surface area contributed by atoms with Crippen LogP contribution in [0.15, 0.2) is 24.3 Å². The normalized spacial score (nSPS) is 15.3. The Balaban J connectivity index is 2.05. The molecule has 0 amide bonds. The Bertz CT molecular complexity index is 621. The van der Waals surface area contributed by atoms with Gasteiger partial charge in [-0.1, -0.05) is 32.0 Å². The molecule has 2 aromatic rings. The van der Waals surface area contributed by atoms with Crippen molar-refractivity contribution in [3.8, 4) is 0 Å². The summed E-state index contributed by atoms with van der Waals surface area (Å²) in [5.74, 6) is 0. The van der Waals surface area contributed by atoms with Crippen LogP contribution >= 0.6 is 0 Å². The van der Waals surface area contributed by atoms with Crippen molar-refractivity contribution in [1.82, 2.24) is 15.2 Å². The van der Waals surface area contributed by atoms with E-state index in [9.17, 15) is 0 Å². The van der Waals surface area contributed by atoms with Crippen molar-refractivity contribution in [2.45, 2.75) is 39.8 Å². The molecule has 0 atom stereocenters. The SMILES string of the molecule is CCCNCc1c2c(nc3ccccc13)CCN(CC)C2. The van der Waals surface area contributed by atoms with Crippen molar-refractivity contribution in [3.63, 3.8) is 0 Å². The minimum Gasteiger partial charge on any atom is -0.313 e. The number of para-hydroxylation sites is 1. The summed E-state index contributed by atoms with van der Waals surface area (Å²) in [7, 11) is 0. The molecule has 0 aliphatic carbocycles. The largest absolute Gasteiger partial charge is 0.313 e. The molecule has 112 valence electrons. The highest BCUT2D eigenvalue weighted by Crippen LogP contribution is 2.27. The van der Waals surface area contributed by atoms with Crippen LogP contribution in [0.25, 0.3) is 10.9 Å². The molecule has 3 nitrogen and oxygen atoms in total. The minimum absolute atomic E-state index is 0.955. The number of likely N-dealkylation sites (N-methyl/N-ethyl adjacent to an activating group) is 1. The molecule has 1 aliphatic rings. The summed E-state index contributed by atoms with van der Waals surface area (Å²) in [5.41, 5.74) is 5.38. The maximum atomic E-state index is 4.92. The van der Waals surface area contributed by atoms with Crippen LogP contribution in [-0.4, -0.2) is 29.5 Å². The van der Waals surface area contributed by atoms with Gasteiger partial charge in [0.05, 0.1) is 5.52 Å². The quantitative estimate of drug-likeness (QED) is 0.855. The Morgan fingerprint density at radius 1 is 1.24 bits per heavy atom. The van der Waals surface area contributed by atoms with Crippen LogP contribution in [0.4, 0.5) is 0 Å². The van der Waals surface area contributed by atoms with Gasteiger partial charge in [0.1, 0.15) is 0 Å². The monoisotopic (exact) mass is 283 g/mol. The van der Waals surface area contributed by atoms with Gasteiger partial charge in [0.2, 0.25) is 0 Å². The van der Waals surface area contributed by atoms with Gasteiger partial charge in [-0.15, -0.1) is 0 Å². The van der Waals surface area contributed by atoms with Crippen LogP contribution < -0.4 is 5.32 Å². The van der Waals surface area contributed by atoms with Gasteiger partial charge < -0.3 is 5.32 Å². The lowest BCUT2D eigenvalue weighted by molar-refractivity contribution is 0.265. The number of aromatic nitrogens is 1. The maximum Gasteiger partial charge on any atom is 0.0708 e. The molecule has 0 radical (unpaired) electrons. The summed E-state index contributed by atoms with van der Waals surface area (Å²) >= 11 is 0. The lowest BCUT2D eigenvalue weighted by Crippen LogP contribution is -2.32. The van der Waals surface area contributed by atoms with Crippen molar-refractivity contribution >= 4 is 10.9 Å². The first kappa shape index (κ1) is 14.5. The Morgan fingerprint density at radius 2 is 2.10 bits per heavy atom. The van der Waals surface area contributed by atoms with Crippen molar-refractivity contribution in [2.75, 3.05) is 19.6 Å². The molecular formula is C18H25N3. The molecule has 0 saturated carbocycles. The Hall–Kier alpha value is -1.45. The lowest BCUT2D eigenvalue weighted by Gasteiger charge is -2.29. The fourth-order valence-corrected chi connectivity index (χ4v) is 3.20. The van der Waals surface area contributed by atoms with E-state index in [4.69, 9.17) is 4.98 Å². The number of benzene rings is 1. The first-order valence-corrected chi connectivity index (χ1v) is 8.16. The summed E-state index contributed by atoms with van der Waals surface area (Å²) < 4.78 is 0.